The van der Waals surface area contributed by atoms with Gasteiger partial charge in [0.1, 0.15) is 0 Å². The molecule has 1 rings (SSSR count). The van der Waals surface area contributed by atoms with E-state index in [1.54, 1.807) is 6.08 Å². The summed E-state index contributed by atoms with van der Waals surface area (Å²) in [5.74, 6) is 5.05. The van der Waals surface area contributed by atoms with Crippen LogP contribution in [-0.4, -0.2) is 38.6 Å². The minimum atomic E-state index is -0.878. The van der Waals surface area contributed by atoms with Crippen LogP contribution >= 0.6 is 0 Å². The topological polar surface area (TPSA) is 98.0 Å². The number of rotatable bonds is 10. The number of aliphatic hydroxyl groups excluding tert-OH is 3. The SMILES string of the molecule is CCCCCCC#C[C@@H]1[C@@H](CC=C(O)CCCC(=O)O)[C@@H](O)C[C@H]1O. The van der Waals surface area contributed by atoms with Gasteiger partial charge < -0.3 is 20.4 Å². The number of carboxylic acid groups (broad SMARTS) is 1. The zero-order valence-electron chi connectivity index (χ0n) is 15.2. The number of hydrogen-bond acceptors (Lipinski definition) is 4. The second-order valence-electron chi connectivity index (χ2n) is 6.87. The van der Waals surface area contributed by atoms with E-state index < -0.39 is 18.2 Å². The van der Waals surface area contributed by atoms with E-state index in [4.69, 9.17) is 5.11 Å². The molecule has 0 amide bonds. The molecule has 25 heavy (non-hydrogen) atoms. The van der Waals surface area contributed by atoms with Crippen LogP contribution in [0.1, 0.15) is 71.1 Å². The number of unbranched alkanes of at least 4 members (excludes halogenated alkanes) is 4. The van der Waals surface area contributed by atoms with E-state index in [9.17, 15) is 20.1 Å². The van der Waals surface area contributed by atoms with Gasteiger partial charge in [0.2, 0.25) is 0 Å². The fourth-order valence-corrected chi connectivity index (χ4v) is 3.23. The normalized spacial score (nSPS) is 26.3. The molecule has 0 aromatic carbocycles. The molecule has 4 atom stereocenters. The average Bonchev–Trinajstić information content (AvgIpc) is 2.81. The molecule has 1 aliphatic carbocycles. The molecule has 0 unspecified atom stereocenters. The third-order valence-corrected chi connectivity index (χ3v) is 4.73. The van der Waals surface area contributed by atoms with Crippen LogP contribution in [0.2, 0.25) is 0 Å². The van der Waals surface area contributed by atoms with Gasteiger partial charge in [-0.15, -0.1) is 5.92 Å². The smallest absolute Gasteiger partial charge is 0.303 e. The predicted molar refractivity (Wildman–Crippen MR) is 97.0 cm³/mol. The first-order valence-electron chi connectivity index (χ1n) is 9.40. The number of aliphatic hydroxyl groups is 3. The van der Waals surface area contributed by atoms with Crippen LogP contribution in [0.25, 0.3) is 0 Å². The molecule has 1 fully saturated rings. The van der Waals surface area contributed by atoms with Gasteiger partial charge in [-0.1, -0.05) is 32.1 Å². The van der Waals surface area contributed by atoms with Crippen LogP contribution < -0.4 is 0 Å². The quantitative estimate of drug-likeness (QED) is 0.274. The van der Waals surface area contributed by atoms with Crippen molar-refractivity contribution in [1.82, 2.24) is 0 Å². The van der Waals surface area contributed by atoms with E-state index in [0.717, 1.165) is 19.3 Å². The van der Waals surface area contributed by atoms with E-state index in [1.165, 1.54) is 12.8 Å². The van der Waals surface area contributed by atoms with Gasteiger partial charge in [0.05, 0.1) is 23.9 Å². The zero-order chi connectivity index (χ0) is 18.7. The highest BCUT2D eigenvalue weighted by Gasteiger charge is 2.40. The van der Waals surface area contributed by atoms with Gasteiger partial charge in [-0.2, -0.15) is 0 Å². The van der Waals surface area contributed by atoms with Crippen molar-refractivity contribution in [3.05, 3.63) is 11.8 Å². The third kappa shape index (κ3) is 8.42. The number of aliphatic carboxylic acids is 1. The highest BCUT2D eigenvalue weighted by molar-refractivity contribution is 5.66. The van der Waals surface area contributed by atoms with E-state index in [0.29, 0.717) is 25.7 Å². The van der Waals surface area contributed by atoms with Crippen molar-refractivity contribution in [3.63, 3.8) is 0 Å². The Balaban J connectivity index is 2.51. The molecule has 142 valence electrons. The zero-order valence-corrected chi connectivity index (χ0v) is 15.2. The van der Waals surface area contributed by atoms with E-state index in [1.807, 2.05) is 0 Å². The molecule has 0 heterocycles. The first kappa shape index (κ1) is 21.5. The minimum Gasteiger partial charge on any atom is -0.513 e. The average molecular weight is 352 g/mol. The molecule has 0 aromatic heterocycles. The van der Waals surface area contributed by atoms with Gasteiger partial charge in [0, 0.05) is 31.6 Å². The predicted octanol–water partition coefficient (Wildman–Crippen LogP) is 3.41. The summed E-state index contributed by atoms with van der Waals surface area (Å²) in [7, 11) is 0. The summed E-state index contributed by atoms with van der Waals surface area (Å²) in [6.07, 6.45) is 7.26. The van der Waals surface area contributed by atoms with Gasteiger partial charge in [-0.05, 0) is 25.3 Å². The van der Waals surface area contributed by atoms with E-state index in [2.05, 4.69) is 18.8 Å². The van der Waals surface area contributed by atoms with Crippen LogP contribution in [0.5, 0.6) is 0 Å². The lowest BCUT2D eigenvalue weighted by molar-refractivity contribution is -0.137. The van der Waals surface area contributed by atoms with Gasteiger partial charge in [-0.25, -0.2) is 0 Å². The molecule has 0 radical (unpaired) electrons. The monoisotopic (exact) mass is 352 g/mol. The van der Waals surface area contributed by atoms with Crippen LogP contribution in [0.15, 0.2) is 11.8 Å². The van der Waals surface area contributed by atoms with Crippen molar-refractivity contribution >= 4 is 5.97 Å². The summed E-state index contributed by atoms with van der Waals surface area (Å²) in [5.41, 5.74) is 0. The molecule has 1 saturated carbocycles. The Hall–Kier alpha value is -1.51. The molecule has 0 spiro atoms. The Morgan fingerprint density at radius 3 is 2.52 bits per heavy atom. The summed E-state index contributed by atoms with van der Waals surface area (Å²) in [5, 5.41) is 38.7. The Bertz CT molecular complexity index is 488. The van der Waals surface area contributed by atoms with Gasteiger partial charge in [-0.3, -0.25) is 4.79 Å². The van der Waals surface area contributed by atoms with Crippen molar-refractivity contribution < 1.29 is 25.2 Å². The van der Waals surface area contributed by atoms with Crippen molar-refractivity contribution in [2.75, 3.05) is 0 Å². The Kier molecular flexibility index (Phi) is 10.3. The number of hydrogen-bond donors (Lipinski definition) is 4. The van der Waals surface area contributed by atoms with Crippen molar-refractivity contribution in [2.24, 2.45) is 11.8 Å². The van der Waals surface area contributed by atoms with Crippen LogP contribution in [-0.2, 0) is 4.79 Å². The maximum atomic E-state index is 10.5. The summed E-state index contributed by atoms with van der Waals surface area (Å²) in [4.78, 5) is 10.5. The molecule has 1 aliphatic rings. The second-order valence-corrected chi connectivity index (χ2v) is 6.87. The number of carbonyl (C=O) groups is 1. The van der Waals surface area contributed by atoms with Crippen LogP contribution in [0.3, 0.4) is 0 Å². The summed E-state index contributed by atoms with van der Waals surface area (Å²) in [6.45, 7) is 2.16. The molecule has 5 heteroatoms. The molecule has 0 aliphatic heterocycles. The second kappa shape index (κ2) is 11.9. The minimum absolute atomic E-state index is 0.0226. The van der Waals surface area contributed by atoms with Crippen LogP contribution in [0, 0.1) is 23.7 Å². The maximum Gasteiger partial charge on any atom is 0.303 e. The largest absolute Gasteiger partial charge is 0.513 e. The fraction of sp³-hybridized carbons (Fsp3) is 0.750. The Labute approximate surface area is 150 Å². The summed E-state index contributed by atoms with van der Waals surface area (Å²) < 4.78 is 0. The molecule has 5 nitrogen and oxygen atoms in total. The summed E-state index contributed by atoms with van der Waals surface area (Å²) >= 11 is 0. The highest BCUT2D eigenvalue weighted by atomic mass is 16.4. The Morgan fingerprint density at radius 2 is 1.84 bits per heavy atom. The lowest BCUT2D eigenvalue weighted by atomic mass is 9.90. The van der Waals surface area contributed by atoms with Gasteiger partial charge in [0.15, 0.2) is 0 Å². The standard InChI is InChI=1S/C20H32O5/c1-2-3-4-5-6-7-10-16-17(19(23)14-18(16)22)13-12-15(21)9-8-11-20(24)25/h12,16-19,21-23H,2-6,8-9,11,13-14H2,1H3,(H,24,25)/t16-,17-,18-,19+/m1/s1. The molecular weight excluding hydrogens is 320 g/mol. The van der Waals surface area contributed by atoms with Crippen molar-refractivity contribution in [2.45, 2.75) is 83.3 Å². The first-order valence-corrected chi connectivity index (χ1v) is 9.40. The highest BCUT2D eigenvalue weighted by Crippen LogP contribution is 2.35. The number of carboxylic acids is 1. The van der Waals surface area contributed by atoms with Crippen molar-refractivity contribution in [3.8, 4) is 11.8 Å². The van der Waals surface area contributed by atoms with Gasteiger partial charge in [0.25, 0.3) is 0 Å². The molecule has 0 aromatic rings. The lowest BCUT2D eigenvalue weighted by Crippen LogP contribution is -2.20. The molecular formula is C20H32O5. The molecule has 0 saturated heterocycles. The van der Waals surface area contributed by atoms with Crippen LogP contribution in [0.4, 0.5) is 0 Å². The molecule has 4 N–H and O–H groups in total. The fourth-order valence-electron chi connectivity index (χ4n) is 3.23. The Morgan fingerprint density at radius 1 is 1.08 bits per heavy atom. The summed E-state index contributed by atoms with van der Waals surface area (Å²) in [6, 6.07) is 0. The van der Waals surface area contributed by atoms with Crippen molar-refractivity contribution in [1.29, 1.82) is 0 Å². The van der Waals surface area contributed by atoms with E-state index in [-0.39, 0.29) is 24.0 Å². The number of allylic oxidation sites excluding steroid dienone is 2. The molecule has 0 bridgehead atoms. The van der Waals surface area contributed by atoms with E-state index >= 15 is 0 Å². The maximum absolute atomic E-state index is 10.5. The lowest BCUT2D eigenvalue weighted by Gasteiger charge is -2.17. The third-order valence-electron chi connectivity index (χ3n) is 4.73. The van der Waals surface area contributed by atoms with Gasteiger partial charge >= 0.3 is 5.97 Å². The first-order chi connectivity index (χ1) is 12.0.